The molecule has 1 aliphatic carbocycles. The number of rotatable bonds is 3. The summed E-state index contributed by atoms with van der Waals surface area (Å²) in [5.74, 6) is -2.22. The van der Waals surface area contributed by atoms with Gasteiger partial charge in [-0.15, -0.1) is 0 Å². The second-order valence-corrected chi connectivity index (χ2v) is 7.28. The number of fused-ring (bicyclic) bond motifs is 1. The lowest BCUT2D eigenvalue weighted by Crippen LogP contribution is -2.44. The van der Waals surface area contributed by atoms with Crippen molar-refractivity contribution in [2.45, 2.75) is 6.92 Å². The van der Waals surface area contributed by atoms with E-state index in [1.807, 2.05) is 11.9 Å². The summed E-state index contributed by atoms with van der Waals surface area (Å²) >= 11 is 0. The van der Waals surface area contributed by atoms with E-state index >= 15 is 0 Å². The van der Waals surface area contributed by atoms with Gasteiger partial charge in [0.1, 0.15) is 11.4 Å². The fourth-order valence-corrected chi connectivity index (χ4v) is 3.49. The van der Waals surface area contributed by atoms with Crippen LogP contribution in [-0.4, -0.2) is 54.7 Å². The molecule has 8 heteroatoms. The lowest BCUT2D eigenvalue weighted by molar-refractivity contribution is 0.0990. The van der Waals surface area contributed by atoms with Gasteiger partial charge in [0.2, 0.25) is 5.78 Å². The van der Waals surface area contributed by atoms with Crippen molar-refractivity contribution >= 4 is 28.6 Å². The number of carbonyl (C=O) groups excluding carboxylic acids is 2. The number of nitrogens with one attached hydrogen (secondary N) is 1. The van der Waals surface area contributed by atoms with Gasteiger partial charge in [0.05, 0.1) is 16.9 Å². The van der Waals surface area contributed by atoms with Crippen molar-refractivity contribution in [1.29, 1.82) is 0 Å². The van der Waals surface area contributed by atoms with Gasteiger partial charge in [-0.1, -0.05) is 0 Å². The Kier molecular flexibility index (Phi) is 4.87. The molecule has 4 rings (SSSR count). The van der Waals surface area contributed by atoms with E-state index in [9.17, 15) is 18.4 Å². The van der Waals surface area contributed by atoms with Crippen LogP contribution in [0.5, 0.6) is 0 Å². The summed E-state index contributed by atoms with van der Waals surface area (Å²) in [6, 6.07) is 4.01. The standard InChI is InChI=1S/C21H20F2N4O2/c1-12-17(11-14-18(28)3-4-19(29)20(14)24-12)25-21-15(22)9-13(10-16(21)23)27-7-5-26(2)6-8-27/h3-4,9-11,25H,5-8H2,1-2H3. The smallest absolute Gasteiger partial charge is 0.205 e. The highest BCUT2D eigenvalue weighted by molar-refractivity contribution is 6.21. The Bertz CT molecular complexity index is 1020. The molecular formula is C21H20F2N4O2. The van der Waals surface area contributed by atoms with Gasteiger partial charge in [-0.2, -0.15) is 0 Å². The van der Waals surface area contributed by atoms with Gasteiger partial charge in [0.25, 0.3) is 0 Å². The number of piperazine rings is 1. The zero-order valence-electron chi connectivity index (χ0n) is 16.1. The number of anilines is 3. The van der Waals surface area contributed by atoms with Crippen LogP contribution in [0.2, 0.25) is 0 Å². The predicted octanol–water partition coefficient (Wildman–Crippen LogP) is 3.10. The molecule has 150 valence electrons. The van der Waals surface area contributed by atoms with Gasteiger partial charge in [-0.05, 0) is 44.3 Å². The number of ketones is 2. The molecule has 29 heavy (non-hydrogen) atoms. The first-order chi connectivity index (χ1) is 13.8. The monoisotopic (exact) mass is 398 g/mol. The molecule has 6 nitrogen and oxygen atoms in total. The van der Waals surface area contributed by atoms with E-state index in [4.69, 9.17) is 0 Å². The predicted molar refractivity (Wildman–Crippen MR) is 106 cm³/mol. The van der Waals surface area contributed by atoms with Crippen molar-refractivity contribution in [2.75, 3.05) is 43.4 Å². The molecule has 2 aromatic rings. The Morgan fingerprint density at radius 3 is 2.24 bits per heavy atom. The molecule has 0 amide bonds. The second kappa shape index (κ2) is 7.36. The van der Waals surface area contributed by atoms with E-state index in [-0.39, 0.29) is 34.2 Å². The van der Waals surface area contributed by atoms with Gasteiger partial charge in [0, 0.05) is 31.9 Å². The van der Waals surface area contributed by atoms with E-state index in [1.165, 1.54) is 24.3 Å². The fraction of sp³-hybridized carbons (Fsp3) is 0.286. The number of pyridine rings is 1. The summed E-state index contributed by atoms with van der Waals surface area (Å²) in [6.07, 6.45) is 2.33. The van der Waals surface area contributed by atoms with Crippen LogP contribution in [0.25, 0.3) is 0 Å². The quantitative estimate of drug-likeness (QED) is 0.857. The van der Waals surface area contributed by atoms with Crippen LogP contribution in [-0.2, 0) is 0 Å². The van der Waals surface area contributed by atoms with Crippen LogP contribution < -0.4 is 10.2 Å². The fourth-order valence-electron chi connectivity index (χ4n) is 3.49. The molecule has 0 atom stereocenters. The summed E-state index contributed by atoms with van der Waals surface area (Å²) in [5, 5.41) is 2.70. The zero-order chi connectivity index (χ0) is 20.7. The van der Waals surface area contributed by atoms with Crippen LogP contribution in [0, 0.1) is 18.6 Å². The lowest BCUT2D eigenvalue weighted by atomic mass is 9.98. The van der Waals surface area contributed by atoms with Crippen LogP contribution in [0.1, 0.15) is 26.5 Å². The Labute approximate surface area is 166 Å². The number of halogens is 2. The highest BCUT2D eigenvalue weighted by Gasteiger charge is 2.24. The average Bonchev–Trinajstić information content (AvgIpc) is 2.69. The zero-order valence-corrected chi connectivity index (χ0v) is 16.1. The van der Waals surface area contributed by atoms with E-state index < -0.39 is 11.6 Å². The number of likely N-dealkylation sites (N-methyl/N-ethyl adjacent to an activating group) is 1. The van der Waals surface area contributed by atoms with Crippen molar-refractivity contribution in [3.8, 4) is 0 Å². The van der Waals surface area contributed by atoms with Crippen LogP contribution >= 0.6 is 0 Å². The minimum absolute atomic E-state index is 0.0481. The first-order valence-corrected chi connectivity index (χ1v) is 9.31. The molecule has 1 aromatic carbocycles. The van der Waals surface area contributed by atoms with Crippen LogP contribution in [0.4, 0.5) is 25.8 Å². The Hall–Kier alpha value is -3.13. The number of allylic oxidation sites excluding steroid dienone is 2. The minimum Gasteiger partial charge on any atom is -0.369 e. The number of carbonyl (C=O) groups is 2. The number of hydrogen-bond donors (Lipinski definition) is 1. The van der Waals surface area contributed by atoms with Crippen LogP contribution in [0.15, 0.2) is 30.4 Å². The number of hydrogen-bond acceptors (Lipinski definition) is 6. The van der Waals surface area contributed by atoms with Gasteiger partial charge in [-0.25, -0.2) is 13.8 Å². The molecule has 1 saturated heterocycles. The number of aromatic nitrogens is 1. The van der Waals surface area contributed by atoms with E-state index in [0.29, 0.717) is 24.5 Å². The molecule has 1 aromatic heterocycles. The molecule has 2 heterocycles. The molecule has 0 unspecified atom stereocenters. The second-order valence-electron chi connectivity index (χ2n) is 7.28. The molecular weight excluding hydrogens is 378 g/mol. The number of aryl methyl sites for hydroxylation is 1. The molecule has 1 aliphatic heterocycles. The van der Waals surface area contributed by atoms with Gasteiger partial charge >= 0.3 is 0 Å². The third-order valence-corrected chi connectivity index (χ3v) is 5.25. The highest BCUT2D eigenvalue weighted by Crippen LogP contribution is 2.31. The molecule has 1 N–H and O–H groups in total. The van der Waals surface area contributed by atoms with Crippen molar-refractivity contribution in [2.24, 2.45) is 0 Å². The molecule has 0 bridgehead atoms. The maximum Gasteiger partial charge on any atom is 0.205 e. The van der Waals surface area contributed by atoms with Crippen molar-refractivity contribution in [1.82, 2.24) is 9.88 Å². The van der Waals surface area contributed by atoms with Gasteiger partial charge < -0.3 is 15.1 Å². The summed E-state index contributed by atoms with van der Waals surface area (Å²) in [5.41, 5.74) is 0.961. The first kappa shape index (κ1) is 19.2. The van der Waals surface area contributed by atoms with Gasteiger partial charge in [0.15, 0.2) is 17.4 Å². The summed E-state index contributed by atoms with van der Waals surface area (Å²) in [7, 11) is 2.01. The first-order valence-electron chi connectivity index (χ1n) is 9.31. The molecule has 1 fully saturated rings. The van der Waals surface area contributed by atoms with E-state index in [2.05, 4.69) is 15.2 Å². The largest absolute Gasteiger partial charge is 0.369 e. The summed E-state index contributed by atoms with van der Waals surface area (Å²) in [6.45, 7) is 4.64. The maximum atomic E-state index is 14.7. The Morgan fingerprint density at radius 2 is 1.59 bits per heavy atom. The number of benzene rings is 1. The lowest BCUT2D eigenvalue weighted by Gasteiger charge is -2.34. The molecule has 0 saturated carbocycles. The van der Waals surface area contributed by atoms with Crippen molar-refractivity contribution in [3.05, 3.63) is 58.9 Å². The van der Waals surface area contributed by atoms with E-state index in [1.54, 1.807) is 6.92 Å². The average molecular weight is 398 g/mol. The topological polar surface area (TPSA) is 65.5 Å². The third-order valence-electron chi connectivity index (χ3n) is 5.25. The molecule has 0 spiro atoms. The number of nitrogens with zero attached hydrogens (tertiary/aromatic N) is 3. The molecule has 2 aliphatic rings. The van der Waals surface area contributed by atoms with Crippen molar-refractivity contribution in [3.63, 3.8) is 0 Å². The summed E-state index contributed by atoms with van der Waals surface area (Å²) < 4.78 is 29.5. The van der Waals surface area contributed by atoms with Gasteiger partial charge in [-0.3, -0.25) is 9.59 Å². The Morgan fingerprint density at radius 1 is 0.966 bits per heavy atom. The SMILES string of the molecule is Cc1nc2c(cc1Nc1c(F)cc(N3CCN(C)CC3)cc1F)C(=O)C=CC2=O. The minimum atomic E-state index is -0.738. The highest BCUT2D eigenvalue weighted by atomic mass is 19.1. The third kappa shape index (κ3) is 3.63. The Balaban J connectivity index is 1.64. The maximum absolute atomic E-state index is 14.7. The summed E-state index contributed by atoms with van der Waals surface area (Å²) in [4.78, 5) is 32.2. The van der Waals surface area contributed by atoms with E-state index in [0.717, 1.165) is 19.2 Å². The normalized spacial score (nSPS) is 16.9. The van der Waals surface area contributed by atoms with Crippen LogP contribution in [0.3, 0.4) is 0 Å². The van der Waals surface area contributed by atoms with Crippen molar-refractivity contribution < 1.29 is 18.4 Å². The molecule has 0 radical (unpaired) electrons.